The second-order valence-corrected chi connectivity index (χ2v) is 4.45. The molecule has 1 atom stereocenters. The van der Waals surface area contributed by atoms with Crippen molar-refractivity contribution in [1.82, 2.24) is 14.9 Å². The highest BCUT2D eigenvalue weighted by Crippen LogP contribution is 1.97. The molecule has 1 rings (SSSR count). The molecule has 7 heteroatoms. The molecule has 1 unspecified atom stereocenters. The number of carbonyl (C=O) groups is 1. The van der Waals surface area contributed by atoms with Crippen molar-refractivity contribution in [3.8, 4) is 0 Å². The van der Waals surface area contributed by atoms with E-state index in [0.29, 0.717) is 11.1 Å². The molecule has 0 bridgehead atoms. The van der Waals surface area contributed by atoms with Crippen molar-refractivity contribution in [2.75, 3.05) is 13.7 Å². The van der Waals surface area contributed by atoms with Crippen LogP contribution in [-0.2, 0) is 16.1 Å². The molecule has 1 amide bonds. The molecule has 0 aliphatic rings. The van der Waals surface area contributed by atoms with Gasteiger partial charge in [0.1, 0.15) is 11.0 Å². The van der Waals surface area contributed by atoms with Crippen LogP contribution in [0.4, 0.5) is 0 Å². The minimum Gasteiger partial charge on any atom is -0.383 e. The molecular formula is C10H14BrN3O3. The lowest BCUT2D eigenvalue weighted by Gasteiger charge is -2.13. The Morgan fingerprint density at radius 1 is 1.71 bits per heavy atom. The zero-order chi connectivity index (χ0) is 12.8. The SMILES string of the molecule is COCC(C)NC(=O)Cn1cncc(Br)c1=O. The normalized spacial score (nSPS) is 12.2. The number of hydrogen-bond acceptors (Lipinski definition) is 4. The summed E-state index contributed by atoms with van der Waals surface area (Å²) >= 11 is 3.06. The summed E-state index contributed by atoms with van der Waals surface area (Å²) in [7, 11) is 1.56. The third-order valence-electron chi connectivity index (χ3n) is 2.00. The van der Waals surface area contributed by atoms with Crippen molar-refractivity contribution in [3.63, 3.8) is 0 Å². The topological polar surface area (TPSA) is 73.2 Å². The molecule has 0 aromatic carbocycles. The van der Waals surface area contributed by atoms with Crippen molar-refractivity contribution in [2.24, 2.45) is 0 Å². The Labute approximate surface area is 107 Å². The van der Waals surface area contributed by atoms with Crippen LogP contribution in [-0.4, -0.2) is 35.2 Å². The van der Waals surface area contributed by atoms with Gasteiger partial charge in [-0.05, 0) is 22.9 Å². The Morgan fingerprint density at radius 2 is 2.41 bits per heavy atom. The third-order valence-corrected chi connectivity index (χ3v) is 2.54. The summed E-state index contributed by atoms with van der Waals surface area (Å²) in [5, 5.41) is 2.71. The molecule has 94 valence electrons. The van der Waals surface area contributed by atoms with Crippen LogP contribution in [0.15, 0.2) is 21.8 Å². The van der Waals surface area contributed by atoms with E-state index >= 15 is 0 Å². The Kier molecular flexibility index (Phi) is 5.30. The maximum Gasteiger partial charge on any atom is 0.268 e. The minimum atomic E-state index is -0.283. The number of rotatable bonds is 5. The van der Waals surface area contributed by atoms with Gasteiger partial charge in [0.05, 0.1) is 12.9 Å². The largest absolute Gasteiger partial charge is 0.383 e. The zero-order valence-corrected chi connectivity index (χ0v) is 11.2. The van der Waals surface area contributed by atoms with Crippen LogP contribution >= 0.6 is 15.9 Å². The number of nitrogens with zero attached hydrogens (tertiary/aromatic N) is 2. The van der Waals surface area contributed by atoms with Crippen molar-refractivity contribution >= 4 is 21.8 Å². The first-order chi connectivity index (χ1) is 8.04. The summed E-state index contributed by atoms with van der Waals surface area (Å²) in [5.41, 5.74) is -0.283. The van der Waals surface area contributed by atoms with Gasteiger partial charge in [-0.25, -0.2) is 4.98 Å². The molecule has 0 spiro atoms. The van der Waals surface area contributed by atoms with Crippen LogP contribution < -0.4 is 10.9 Å². The predicted octanol–water partition coefficient (Wildman–Crippen LogP) is 0.157. The zero-order valence-electron chi connectivity index (χ0n) is 9.64. The fraction of sp³-hybridized carbons (Fsp3) is 0.500. The number of hydrogen-bond donors (Lipinski definition) is 1. The smallest absolute Gasteiger partial charge is 0.268 e. The summed E-state index contributed by atoms with van der Waals surface area (Å²) in [6, 6.07) is -0.0942. The lowest BCUT2D eigenvalue weighted by atomic mass is 10.3. The Hall–Kier alpha value is -1.21. The minimum absolute atomic E-state index is 0.0562. The molecule has 17 heavy (non-hydrogen) atoms. The van der Waals surface area contributed by atoms with E-state index in [1.165, 1.54) is 17.1 Å². The van der Waals surface area contributed by atoms with Crippen LogP contribution in [0.1, 0.15) is 6.92 Å². The molecule has 1 N–H and O–H groups in total. The highest BCUT2D eigenvalue weighted by molar-refractivity contribution is 9.10. The van der Waals surface area contributed by atoms with Crippen molar-refractivity contribution < 1.29 is 9.53 Å². The highest BCUT2D eigenvalue weighted by atomic mass is 79.9. The van der Waals surface area contributed by atoms with Crippen LogP contribution in [0.2, 0.25) is 0 Å². The summed E-state index contributed by atoms with van der Waals surface area (Å²) < 4.78 is 6.46. The number of methoxy groups -OCH3 is 1. The Morgan fingerprint density at radius 3 is 3.06 bits per heavy atom. The molecule has 1 aromatic rings. The standard InChI is InChI=1S/C10H14BrN3O3/c1-7(5-17-2)13-9(15)4-14-6-12-3-8(11)10(14)16/h3,6-7H,4-5H2,1-2H3,(H,13,15). The summed E-state index contributed by atoms with van der Waals surface area (Å²) in [5.74, 6) is -0.253. The van der Waals surface area contributed by atoms with E-state index < -0.39 is 0 Å². The van der Waals surface area contributed by atoms with Gasteiger partial charge in [-0.1, -0.05) is 0 Å². The molecule has 0 aliphatic heterocycles. The molecule has 0 saturated heterocycles. The number of ether oxygens (including phenoxy) is 1. The maximum atomic E-state index is 11.6. The predicted molar refractivity (Wildman–Crippen MR) is 65.7 cm³/mol. The lowest BCUT2D eigenvalue weighted by molar-refractivity contribution is -0.122. The molecule has 0 aliphatic carbocycles. The van der Waals surface area contributed by atoms with E-state index in [9.17, 15) is 9.59 Å². The molecule has 0 radical (unpaired) electrons. The van der Waals surface area contributed by atoms with Gasteiger partial charge in [-0.3, -0.25) is 14.2 Å². The van der Waals surface area contributed by atoms with Crippen molar-refractivity contribution in [3.05, 3.63) is 27.4 Å². The van der Waals surface area contributed by atoms with E-state index in [1.54, 1.807) is 7.11 Å². The van der Waals surface area contributed by atoms with Gasteiger partial charge in [0.25, 0.3) is 5.56 Å². The highest BCUT2D eigenvalue weighted by Gasteiger charge is 2.09. The van der Waals surface area contributed by atoms with Gasteiger partial charge in [0, 0.05) is 19.3 Å². The van der Waals surface area contributed by atoms with Gasteiger partial charge in [0.15, 0.2) is 0 Å². The average molecular weight is 304 g/mol. The molecule has 0 saturated carbocycles. The van der Waals surface area contributed by atoms with E-state index in [4.69, 9.17) is 4.74 Å². The van der Waals surface area contributed by atoms with Crippen LogP contribution in [0.3, 0.4) is 0 Å². The van der Waals surface area contributed by atoms with Gasteiger partial charge >= 0.3 is 0 Å². The van der Waals surface area contributed by atoms with Gasteiger partial charge in [-0.2, -0.15) is 0 Å². The number of nitrogens with one attached hydrogen (secondary N) is 1. The molecular weight excluding hydrogens is 290 g/mol. The number of aromatic nitrogens is 2. The fourth-order valence-electron chi connectivity index (χ4n) is 1.30. The van der Waals surface area contributed by atoms with E-state index in [1.807, 2.05) is 6.92 Å². The first-order valence-corrected chi connectivity index (χ1v) is 5.82. The van der Waals surface area contributed by atoms with Crippen molar-refractivity contribution in [2.45, 2.75) is 19.5 Å². The Bertz CT molecular complexity index is 447. The first kappa shape index (κ1) is 13.9. The van der Waals surface area contributed by atoms with Crippen LogP contribution in [0.25, 0.3) is 0 Å². The average Bonchev–Trinajstić information content (AvgIpc) is 2.25. The molecule has 6 nitrogen and oxygen atoms in total. The number of halogens is 1. The first-order valence-electron chi connectivity index (χ1n) is 5.03. The van der Waals surface area contributed by atoms with Crippen LogP contribution in [0.5, 0.6) is 0 Å². The van der Waals surface area contributed by atoms with Gasteiger partial charge < -0.3 is 10.1 Å². The third kappa shape index (κ3) is 4.27. The second kappa shape index (κ2) is 6.51. The Balaban J connectivity index is 2.62. The molecule has 1 aromatic heterocycles. The maximum absolute atomic E-state index is 11.6. The molecule has 0 fully saturated rings. The van der Waals surface area contributed by atoms with E-state index in [-0.39, 0.29) is 24.1 Å². The van der Waals surface area contributed by atoms with Gasteiger partial charge in [-0.15, -0.1) is 0 Å². The summed E-state index contributed by atoms with van der Waals surface area (Å²) in [4.78, 5) is 27.0. The lowest BCUT2D eigenvalue weighted by Crippen LogP contribution is -2.39. The quantitative estimate of drug-likeness (QED) is 0.841. The van der Waals surface area contributed by atoms with E-state index in [2.05, 4.69) is 26.2 Å². The van der Waals surface area contributed by atoms with Gasteiger partial charge in [0.2, 0.25) is 5.91 Å². The fourth-order valence-corrected chi connectivity index (χ4v) is 1.65. The number of carbonyl (C=O) groups excluding carboxylic acids is 1. The summed E-state index contributed by atoms with van der Waals surface area (Å²) in [6.45, 7) is 2.19. The van der Waals surface area contributed by atoms with E-state index in [0.717, 1.165) is 0 Å². The molecule has 1 heterocycles. The monoisotopic (exact) mass is 303 g/mol. The summed E-state index contributed by atoms with van der Waals surface area (Å²) in [6.07, 6.45) is 2.72. The van der Waals surface area contributed by atoms with Crippen molar-refractivity contribution in [1.29, 1.82) is 0 Å². The van der Waals surface area contributed by atoms with Crippen LogP contribution in [0, 0.1) is 0 Å². The second-order valence-electron chi connectivity index (χ2n) is 3.60. The number of amides is 1.